The SMILES string of the molecule is O=C(CN(C(=O)c1ccc([N+](=O)[O-])cc1)N1C(=O)[C@@H]2[C@H]3CC[C@@H](C3)[C@@H]2C1=O)c1ccc(OC(=O)c2ccc([N+](=O)[O-])cc2)cc1. The summed E-state index contributed by atoms with van der Waals surface area (Å²) >= 11 is 0. The van der Waals surface area contributed by atoms with E-state index in [1.807, 2.05) is 0 Å². The van der Waals surface area contributed by atoms with Gasteiger partial charge < -0.3 is 4.74 Å². The van der Waals surface area contributed by atoms with Crippen molar-refractivity contribution in [1.82, 2.24) is 10.0 Å². The van der Waals surface area contributed by atoms with Crippen LogP contribution in [0.5, 0.6) is 5.75 Å². The van der Waals surface area contributed by atoms with Crippen LogP contribution in [0.4, 0.5) is 11.4 Å². The van der Waals surface area contributed by atoms with Gasteiger partial charge in [0.05, 0.1) is 27.2 Å². The van der Waals surface area contributed by atoms with E-state index in [-0.39, 0.29) is 45.7 Å². The Balaban J connectivity index is 1.22. The average molecular weight is 613 g/mol. The first-order valence-electron chi connectivity index (χ1n) is 14.1. The van der Waals surface area contributed by atoms with E-state index in [4.69, 9.17) is 4.74 Å². The number of nitro groups is 2. The van der Waals surface area contributed by atoms with Crippen molar-refractivity contribution in [2.24, 2.45) is 23.7 Å². The molecule has 3 aliphatic rings. The van der Waals surface area contributed by atoms with E-state index >= 15 is 0 Å². The van der Waals surface area contributed by atoms with Gasteiger partial charge in [0.15, 0.2) is 5.78 Å². The summed E-state index contributed by atoms with van der Waals surface area (Å²) in [5, 5.41) is 23.5. The first-order valence-corrected chi connectivity index (χ1v) is 14.1. The van der Waals surface area contributed by atoms with E-state index in [0.717, 1.165) is 53.5 Å². The molecule has 6 rings (SSSR count). The standard InChI is InChI=1S/C31H24N4O10/c36-25(17-7-13-24(14-8-17)45-31(40)19-5-11-23(12-6-19)35(43)44)16-32(28(37)18-3-9-22(10-4-18)34(41)42)33-29(38)26-20-1-2-21(15-20)27(26)30(33)39/h3-14,20-21,26-27H,1-2,15-16H2/t20-,21-,26-,27+/m0/s1. The van der Waals surface area contributed by atoms with E-state index in [0.29, 0.717) is 0 Å². The van der Waals surface area contributed by atoms with Gasteiger partial charge in [0.1, 0.15) is 12.3 Å². The summed E-state index contributed by atoms with van der Waals surface area (Å²) in [4.78, 5) is 87.4. The molecular weight excluding hydrogens is 588 g/mol. The lowest BCUT2D eigenvalue weighted by Crippen LogP contribution is -2.52. The third-order valence-corrected chi connectivity index (χ3v) is 8.70. The number of Topliss-reactive ketones (excluding diaryl/α,β-unsaturated/α-hetero) is 1. The van der Waals surface area contributed by atoms with Crippen LogP contribution in [0.1, 0.15) is 50.3 Å². The number of ether oxygens (including phenoxy) is 1. The molecule has 0 unspecified atom stereocenters. The lowest BCUT2D eigenvalue weighted by Gasteiger charge is -2.30. The van der Waals surface area contributed by atoms with Crippen molar-refractivity contribution in [1.29, 1.82) is 0 Å². The number of ketones is 1. The molecule has 1 saturated heterocycles. The number of benzene rings is 3. The highest BCUT2D eigenvalue weighted by Crippen LogP contribution is 2.56. The van der Waals surface area contributed by atoms with E-state index in [1.165, 1.54) is 48.5 Å². The van der Waals surface area contributed by atoms with Crippen molar-refractivity contribution in [2.45, 2.75) is 19.3 Å². The van der Waals surface area contributed by atoms with Crippen molar-refractivity contribution in [3.63, 3.8) is 0 Å². The number of hydrogen-bond acceptors (Lipinski definition) is 10. The fourth-order valence-corrected chi connectivity index (χ4v) is 6.56. The molecule has 3 aromatic carbocycles. The van der Waals surface area contributed by atoms with Gasteiger partial charge in [-0.3, -0.25) is 39.4 Å². The number of carbonyl (C=O) groups excluding carboxylic acids is 5. The molecule has 0 spiro atoms. The zero-order valence-electron chi connectivity index (χ0n) is 23.4. The van der Waals surface area contributed by atoms with Crippen LogP contribution >= 0.6 is 0 Å². The van der Waals surface area contributed by atoms with Gasteiger partial charge in [-0.2, -0.15) is 5.01 Å². The van der Waals surface area contributed by atoms with Gasteiger partial charge in [0.2, 0.25) is 0 Å². The highest BCUT2D eigenvalue weighted by molar-refractivity contribution is 6.10. The Kier molecular flexibility index (Phi) is 7.40. The van der Waals surface area contributed by atoms with Crippen molar-refractivity contribution >= 4 is 40.8 Å². The highest BCUT2D eigenvalue weighted by Gasteiger charge is 2.62. The van der Waals surface area contributed by atoms with Gasteiger partial charge in [-0.1, -0.05) is 0 Å². The summed E-state index contributed by atoms with van der Waals surface area (Å²) < 4.78 is 5.29. The quantitative estimate of drug-likeness (QED) is 0.0853. The molecule has 0 N–H and O–H groups in total. The van der Waals surface area contributed by atoms with Crippen LogP contribution in [0, 0.1) is 43.9 Å². The van der Waals surface area contributed by atoms with E-state index in [9.17, 15) is 44.2 Å². The number of hydrogen-bond donors (Lipinski definition) is 0. The Bertz CT molecular complexity index is 1730. The third-order valence-electron chi connectivity index (χ3n) is 8.70. The lowest BCUT2D eigenvalue weighted by atomic mass is 9.81. The molecule has 228 valence electrons. The molecular formula is C31H24N4O10. The number of nitro benzene ring substituents is 2. The summed E-state index contributed by atoms with van der Waals surface area (Å²) in [5.41, 5.74) is -0.348. The molecule has 45 heavy (non-hydrogen) atoms. The Morgan fingerprint density at radius 2 is 1.20 bits per heavy atom. The van der Waals surface area contributed by atoms with E-state index < -0.39 is 57.7 Å². The second-order valence-electron chi connectivity index (χ2n) is 11.2. The monoisotopic (exact) mass is 612 g/mol. The number of hydrazine groups is 1. The topological polar surface area (TPSA) is 187 Å². The highest BCUT2D eigenvalue weighted by atomic mass is 16.6. The Morgan fingerprint density at radius 3 is 1.69 bits per heavy atom. The molecule has 3 aromatic rings. The number of fused-ring (bicyclic) bond motifs is 5. The predicted molar refractivity (Wildman–Crippen MR) is 153 cm³/mol. The fraction of sp³-hybridized carbons (Fsp3) is 0.258. The number of non-ortho nitro benzene ring substituents is 2. The molecule has 14 nitrogen and oxygen atoms in total. The first kappa shape index (κ1) is 29.3. The fourth-order valence-electron chi connectivity index (χ4n) is 6.56. The van der Waals surface area contributed by atoms with Gasteiger partial charge in [-0.15, -0.1) is 0 Å². The average Bonchev–Trinajstić information content (AvgIpc) is 3.73. The zero-order valence-corrected chi connectivity index (χ0v) is 23.4. The molecule has 2 aliphatic carbocycles. The van der Waals surface area contributed by atoms with E-state index in [1.54, 1.807) is 0 Å². The van der Waals surface area contributed by atoms with Crippen LogP contribution < -0.4 is 4.74 Å². The molecule has 4 atom stereocenters. The molecule has 0 radical (unpaired) electrons. The van der Waals surface area contributed by atoms with Crippen LogP contribution in [0.2, 0.25) is 0 Å². The first-order chi connectivity index (χ1) is 21.5. The van der Waals surface area contributed by atoms with Crippen LogP contribution in [0.3, 0.4) is 0 Å². The summed E-state index contributed by atoms with van der Waals surface area (Å²) in [6.45, 7) is -0.677. The maximum Gasteiger partial charge on any atom is 0.343 e. The van der Waals surface area contributed by atoms with E-state index in [2.05, 4.69) is 0 Å². The molecule has 2 saturated carbocycles. The van der Waals surface area contributed by atoms with Crippen LogP contribution in [-0.2, 0) is 9.59 Å². The normalized spacial score (nSPS) is 21.4. The number of amides is 3. The predicted octanol–water partition coefficient (Wildman–Crippen LogP) is 3.99. The van der Waals surface area contributed by atoms with Crippen molar-refractivity contribution in [3.05, 3.63) is 110 Å². The second-order valence-corrected chi connectivity index (χ2v) is 11.2. The number of rotatable bonds is 9. The number of imide groups is 1. The Morgan fingerprint density at radius 1 is 0.733 bits per heavy atom. The van der Waals surface area contributed by atoms with Gasteiger partial charge in [0, 0.05) is 35.4 Å². The Hall–Kier alpha value is -5.79. The van der Waals surface area contributed by atoms with Gasteiger partial charge in [-0.05, 0) is 79.6 Å². The van der Waals surface area contributed by atoms with Crippen LogP contribution in [0.15, 0.2) is 72.8 Å². The number of carbonyl (C=O) groups is 5. The number of esters is 1. The van der Waals surface area contributed by atoms with Crippen LogP contribution in [0.25, 0.3) is 0 Å². The Labute approximate surface area is 254 Å². The van der Waals surface area contributed by atoms with Crippen molar-refractivity contribution in [2.75, 3.05) is 6.54 Å². The molecule has 2 bridgehead atoms. The summed E-state index contributed by atoms with van der Waals surface area (Å²) in [7, 11) is 0. The minimum absolute atomic E-state index is 0.0368. The third kappa shape index (κ3) is 5.30. The summed E-state index contributed by atoms with van der Waals surface area (Å²) in [6, 6.07) is 14.8. The molecule has 0 aromatic heterocycles. The lowest BCUT2D eigenvalue weighted by molar-refractivity contribution is -0.385. The maximum absolute atomic E-state index is 13.7. The van der Waals surface area contributed by atoms with Crippen LogP contribution in [-0.4, -0.2) is 55.9 Å². The molecule has 14 heteroatoms. The van der Waals surface area contributed by atoms with Gasteiger partial charge >= 0.3 is 5.97 Å². The van der Waals surface area contributed by atoms with Crippen molar-refractivity contribution in [3.8, 4) is 5.75 Å². The van der Waals surface area contributed by atoms with Crippen molar-refractivity contribution < 1.29 is 38.6 Å². The molecule has 3 amide bonds. The smallest absolute Gasteiger partial charge is 0.343 e. The minimum atomic E-state index is -0.846. The molecule has 3 fully saturated rings. The number of nitrogens with zero attached hydrogens (tertiary/aromatic N) is 4. The maximum atomic E-state index is 13.7. The summed E-state index contributed by atoms with van der Waals surface area (Å²) in [6.07, 6.45) is 2.40. The molecule has 1 heterocycles. The zero-order chi connectivity index (χ0) is 32.0. The minimum Gasteiger partial charge on any atom is -0.423 e. The molecule has 1 aliphatic heterocycles. The second kappa shape index (κ2) is 11.4. The van der Waals surface area contributed by atoms with Gasteiger partial charge in [0.25, 0.3) is 29.1 Å². The largest absolute Gasteiger partial charge is 0.423 e. The van der Waals surface area contributed by atoms with Gasteiger partial charge in [-0.25, -0.2) is 9.80 Å². The summed E-state index contributed by atoms with van der Waals surface area (Å²) in [5.74, 6) is -4.28.